The highest BCUT2D eigenvalue weighted by Gasteiger charge is 2.33. The highest BCUT2D eigenvalue weighted by molar-refractivity contribution is 6.29. The lowest BCUT2D eigenvalue weighted by Crippen LogP contribution is -2.21. The molecule has 0 atom stereocenters. The summed E-state index contributed by atoms with van der Waals surface area (Å²) in [6.45, 7) is 0. The summed E-state index contributed by atoms with van der Waals surface area (Å²) in [5.74, 6) is -1.76. The van der Waals surface area contributed by atoms with Gasteiger partial charge in [0.15, 0.2) is 23.1 Å². The minimum absolute atomic E-state index is 0.00333. The number of fused-ring (bicyclic) bond motifs is 4. The third kappa shape index (κ3) is 4.42. The van der Waals surface area contributed by atoms with Gasteiger partial charge in [0.2, 0.25) is 0 Å². The lowest BCUT2D eigenvalue weighted by molar-refractivity contribution is -0.385. The SMILES string of the molecule is O=C1c2ccc([N+](=O)[O-])cc2C(=O)c2ccc([N+](=O)[O-])cc21.O=C1c2ccccc2C(=O)c2cc([N+](=O)[O-])ccc21. The molecular formula is C28H13N3O10. The molecule has 0 saturated heterocycles. The van der Waals surface area contributed by atoms with Crippen LogP contribution in [0.2, 0.25) is 0 Å². The largest absolute Gasteiger partial charge is 0.289 e. The summed E-state index contributed by atoms with van der Waals surface area (Å²) in [7, 11) is 0. The molecule has 4 aromatic carbocycles. The predicted molar refractivity (Wildman–Crippen MR) is 139 cm³/mol. The van der Waals surface area contributed by atoms with Gasteiger partial charge in [-0.3, -0.25) is 49.5 Å². The Morgan fingerprint density at radius 3 is 0.878 bits per heavy atom. The van der Waals surface area contributed by atoms with E-state index in [9.17, 15) is 49.5 Å². The van der Waals surface area contributed by atoms with Crippen LogP contribution in [0.3, 0.4) is 0 Å². The lowest BCUT2D eigenvalue weighted by atomic mass is 9.83. The lowest BCUT2D eigenvalue weighted by Gasteiger charge is -2.16. The molecule has 0 aromatic heterocycles. The van der Waals surface area contributed by atoms with E-state index in [4.69, 9.17) is 0 Å². The Hall–Kier alpha value is -6.24. The predicted octanol–water partition coefficient (Wildman–Crippen LogP) is 4.65. The van der Waals surface area contributed by atoms with Crippen LogP contribution in [0.1, 0.15) is 63.7 Å². The highest BCUT2D eigenvalue weighted by Crippen LogP contribution is 2.32. The van der Waals surface area contributed by atoms with Crippen molar-refractivity contribution in [3.05, 3.63) is 154 Å². The summed E-state index contributed by atoms with van der Waals surface area (Å²) in [6, 6.07) is 16.9. The molecule has 0 saturated carbocycles. The second-order valence-corrected chi connectivity index (χ2v) is 8.82. The third-order valence-electron chi connectivity index (χ3n) is 6.53. The number of nitro groups is 3. The fourth-order valence-electron chi connectivity index (χ4n) is 4.55. The van der Waals surface area contributed by atoms with Gasteiger partial charge in [0, 0.05) is 80.9 Å². The number of hydrogen-bond donors (Lipinski definition) is 0. The number of nitrogens with zero attached hydrogens (tertiary/aromatic N) is 3. The minimum atomic E-state index is -0.663. The zero-order valence-electron chi connectivity index (χ0n) is 20.4. The Morgan fingerprint density at radius 2 is 0.610 bits per heavy atom. The summed E-state index contributed by atoms with van der Waals surface area (Å²) in [4.78, 5) is 79.6. The molecule has 0 spiro atoms. The van der Waals surface area contributed by atoms with Gasteiger partial charge in [-0.1, -0.05) is 24.3 Å². The number of nitro benzene ring substituents is 3. The molecule has 4 aromatic rings. The number of carbonyl (C=O) groups is 4. The molecule has 13 heteroatoms. The minimum Gasteiger partial charge on any atom is -0.289 e. The molecular weight excluding hydrogens is 538 g/mol. The summed E-state index contributed by atoms with van der Waals surface area (Å²) < 4.78 is 0. The molecule has 2 aliphatic rings. The fraction of sp³-hybridized carbons (Fsp3) is 0. The van der Waals surface area contributed by atoms with Gasteiger partial charge < -0.3 is 0 Å². The van der Waals surface area contributed by atoms with Gasteiger partial charge in [-0.2, -0.15) is 0 Å². The van der Waals surface area contributed by atoms with Gasteiger partial charge in [0.05, 0.1) is 14.8 Å². The maximum Gasteiger partial charge on any atom is 0.270 e. The molecule has 0 bridgehead atoms. The summed E-state index contributed by atoms with van der Waals surface area (Å²) in [5.41, 5.74) is 0.0182. The van der Waals surface area contributed by atoms with Crippen LogP contribution in [-0.2, 0) is 0 Å². The topological polar surface area (TPSA) is 198 Å². The van der Waals surface area contributed by atoms with Gasteiger partial charge in [-0.25, -0.2) is 0 Å². The first kappa shape index (κ1) is 26.4. The van der Waals surface area contributed by atoms with Crippen molar-refractivity contribution in [1.29, 1.82) is 0 Å². The second-order valence-electron chi connectivity index (χ2n) is 8.82. The van der Waals surface area contributed by atoms with Gasteiger partial charge >= 0.3 is 0 Å². The summed E-state index contributed by atoms with van der Waals surface area (Å²) in [6.07, 6.45) is 0. The Balaban J connectivity index is 0.000000166. The molecule has 200 valence electrons. The monoisotopic (exact) mass is 551 g/mol. The zero-order valence-corrected chi connectivity index (χ0v) is 20.4. The molecule has 0 fully saturated rings. The second kappa shape index (κ2) is 9.81. The van der Waals surface area contributed by atoms with Crippen molar-refractivity contribution in [2.24, 2.45) is 0 Å². The Kier molecular flexibility index (Phi) is 6.31. The summed E-state index contributed by atoms with van der Waals surface area (Å²) in [5, 5.41) is 32.3. The fourth-order valence-corrected chi connectivity index (χ4v) is 4.55. The van der Waals surface area contributed by atoms with Crippen LogP contribution in [0, 0.1) is 30.3 Å². The number of benzene rings is 4. The average Bonchev–Trinajstić information content (AvgIpc) is 2.98. The quantitative estimate of drug-likeness (QED) is 0.220. The molecule has 2 aliphatic carbocycles. The van der Waals surface area contributed by atoms with Crippen molar-refractivity contribution in [3.63, 3.8) is 0 Å². The van der Waals surface area contributed by atoms with Gasteiger partial charge in [-0.15, -0.1) is 0 Å². The van der Waals surface area contributed by atoms with Crippen molar-refractivity contribution in [2.45, 2.75) is 0 Å². The van der Waals surface area contributed by atoms with Gasteiger partial charge in [0.1, 0.15) is 0 Å². The number of ketones is 4. The molecule has 13 nitrogen and oxygen atoms in total. The molecule has 0 amide bonds. The molecule has 6 rings (SSSR count). The first-order valence-electron chi connectivity index (χ1n) is 11.6. The maximum atomic E-state index is 12.4. The van der Waals surface area contributed by atoms with Crippen molar-refractivity contribution in [1.82, 2.24) is 0 Å². The van der Waals surface area contributed by atoms with Crippen molar-refractivity contribution >= 4 is 40.2 Å². The standard InChI is InChI=1S/C14H6N2O6.C14H7NO4/c17-13-9-3-1-7(15(19)20)5-11(9)14(18)10-4-2-8(16(21)22)6-12(10)13;16-13-9-3-1-2-4-10(9)14(17)12-7-8(15(18)19)5-6-11(12)13/h1-6H;1-7H. The third-order valence-corrected chi connectivity index (χ3v) is 6.53. The van der Waals surface area contributed by atoms with Gasteiger partial charge in [-0.05, 0) is 18.2 Å². The van der Waals surface area contributed by atoms with Crippen LogP contribution >= 0.6 is 0 Å². The molecule has 0 N–H and O–H groups in total. The van der Waals surface area contributed by atoms with Crippen molar-refractivity contribution < 1.29 is 33.9 Å². The van der Waals surface area contributed by atoms with E-state index in [1.807, 2.05) is 0 Å². The Labute approximate surface area is 228 Å². The smallest absolute Gasteiger partial charge is 0.270 e. The van der Waals surface area contributed by atoms with Crippen LogP contribution in [0.4, 0.5) is 17.1 Å². The van der Waals surface area contributed by atoms with E-state index in [0.717, 1.165) is 30.3 Å². The van der Waals surface area contributed by atoms with Crippen LogP contribution in [0.5, 0.6) is 0 Å². The number of rotatable bonds is 3. The van der Waals surface area contributed by atoms with Gasteiger partial charge in [0.25, 0.3) is 17.1 Å². The first-order valence-corrected chi connectivity index (χ1v) is 11.6. The molecule has 41 heavy (non-hydrogen) atoms. The average molecular weight is 551 g/mol. The van der Waals surface area contributed by atoms with Crippen molar-refractivity contribution in [2.75, 3.05) is 0 Å². The van der Waals surface area contributed by atoms with E-state index in [0.29, 0.717) is 11.1 Å². The van der Waals surface area contributed by atoms with Crippen LogP contribution in [0.25, 0.3) is 0 Å². The van der Waals surface area contributed by atoms with Crippen LogP contribution < -0.4 is 0 Å². The number of carbonyl (C=O) groups excluding carboxylic acids is 4. The number of hydrogen-bond acceptors (Lipinski definition) is 10. The maximum absolute atomic E-state index is 12.4. The molecule has 0 aliphatic heterocycles. The van der Waals surface area contributed by atoms with E-state index >= 15 is 0 Å². The molecule has 0 heterocycles. The van der Waals surface area contributed by atoms with E-state index in [2.05, 4.69) is 0 Å². The van der Waals surface area contributed by atoms with Crippen LogP contribution in [-0.4, -0.2) is 37.9 Å². The Bertz CT molecular complexity index is 1840. The molecule has 0 unspecified atom stereocenters. The first-order chi connectivity index (χ1) is 19.5. The zero-order chi connectivity index (χ0) is 29.6. The number of non-ortho nitro benzene ring substituents is 3. The van der Waals surface area contributed by atoms with E-state index in [1.54, 1.807) is 24.3 Å². The van der Waals surface area contributed by atoms with E-state index in [-0.39, 0.29) is 62.0 Å². The Morgan fingerprint density at radius 1 is 0.366 bits per heavy atom. The van der Waals surface area contributed by atoms with Crippen molar-refractivity contribution in [3.8, 4) is 0 Å². The normalized spacial score (nSPS) is 12.7. The highest BCUT2D eigenvalue weighted by atomic mass is 16.6. The van der Waals surface area contributed by atoms with E-state index < -0.39 is 26.3 Å². The molecule has 0 radical (unpaired) electrons. The van der Waals surface area contributed by atoms with E-state index in [1.165, 1.54) is 24.3 Å². The summed E-state index contributed by atoms with van der Waals surface area (Å²) >= 11 is 0. The van der Waals surface area contributed by atoms with Crippen LogP contribution in [0.15, 0.2) is 78.9 Å².